The summed E-state index contributed by atoms with van der Waals surface area (Å²) < 4.78 is 48.6. The van der Waals surface area contributed by atoms with Crippen LogP contribution >= 0.6 is 0 Å². The molecule has 7 nitrogen and oxygen atoms in total. The van der Waals surface area contributed by atoms with Crippen LogP contribution in [0.1, 0.15) is 26.7 Å². The van der Waals surface area contributed by atoms with Gasteiger partial charge in [-0.1, -0.05) is 13.8 Å². The Morgan fingerprint density at radius 1 is 1.42 bits per heavy atom. The fourth-order valence-corrected chi connectivity index (χ4v) is 6.22. The van der Waals surface area contributed by atoms with Gasteiger partial charge in [-0.2, -0.15) is 0 Å². The van der Waals surface area contributed by atoms with Gasteiger partial charge in [0.1, 0.15) is 6.04 Å². The predicted octanol–water partition coefficient (Wildman–Crippen LogP) is -0.408. The summed E-state index contributed by atoms with van der Waals surface area (Å²) >= 11 is 0. The number of hydrogen-bond donors (Lipinski definition) is 2. The lowest BCUT2D eigenvalue weighted by atomic mass is 10.1. The number of aliphatic carboxylic acids is 1. The molecule has 9 heteroatoms. The highest BCUT2D eigenvalue weighted by Crippen LogP contribution is 2.19. The number of carbonyl (C=O) groups is 1. The van der Waals surface area contributed by atoms with E-state index in [1.807, 2.05) is 0 Å². The maximum Gasteiger partial charge on any atom is 0.321 e. The van der Waals surface area contributed by atoms with Crippen molar-refractivity contribution in [1.82, 2.24) is 4.72 Å². The van der Waals surface area contributed by atoms with E-state index in [0.717, 1.165) is 0 Å². The van der Waals surface area contributed by atoms with E-state index in [9.17, 15) is 21.6 Å². The van der Waals surface area contributed by atoms with Crippen molar-refractivity contribution < 1.29 is 26.7 Å². The van der Waals surface area contributed by atoms with Crippen LogP contribution in [0.4, 0.5) is 0 Å². The average molecular weight is 313 g/mol. The number of nitrogens with one attached hydrogen (secondary N) is 1. The second-order valence-corrected chi connectivity index (χ2v) is 9.43. The van der Waals surface area contributed by atoms with Gasteiger partial charge in [-0.25, -0.2) is 21.6 Å². The Bertz CT molecular complexity index is 536. The molecule has 19 heavy (non-hydrogen) atoms. The molecule has 0 aromatic heterocycles. The van der Waals surface area contributed by atoms with E-state index >= 15 is 0 Å². The van der Waals surface area contributed by atoms with E-state index in [0.29, 0.717) is 0 Å². The van der Waals surface area contributed by atoms with Gasteiger partial charge in [0.05, 0.1) is 16.8 Å². The van der Waals surface area contributed by atoms with Crippen molar-refractivity contribution in [2.45, 2.75) is 38.0 Å². The zero-order valence-corrected chi connectivity index (χ0v) is 12.5. The van der Waals surface area contributed by atoms with Gasteiger partial charge < -0.3 is 5.11 Å². The second-order valence-electron chi connectivity index (χ2n) is 5.21. The Hall–Kier alpha value is -0.670. The van der Waals surface area contributed by atoms with Crippen molar-refractivity contribution in [1.29, 1.82) is 0 Å². The zero-order valence-electron chi connectivity index (χ0n) is 10.9. The van der Waals surface area contributed by atoms with E-state index in [4.69, 9.17) is 5.11 Å². The summed E-state index contributed by atoms with van der Waals surface area (Å²) in [4.78, 5) is 11.0. The highest BCUT2D eigenvalue weighted by molar-refractivity contribution is 7.95. The van der Waals surface area contributed by atoms with Gasteiger partial charge in [0, 0.05) is 0 Å². The van der Waals surface area contributed by atoms with E-state index in [1.165, 1.54) is 0 Å². The van der Waals surface area contributed by atoms with Crippen LogP contribution in [0.5, 0.6) is 0 Å². The smallest absolute Gasteiger partial charge is 0.321 e. The molecule has 0 aromatic carbocycles. The van der Waals surface area contributed by atoms with Gasteiger partial charge in [-0.05, 0) is 18.8 Å². The topological polar surface area (TPSA) is 118 Å². The molecule has 112 valence electrons. The lowest BCUT2D eigenvalue weighted by Gasteiger charge is -2.18. The van der Waals surface area contributed by atoms with E-state index < -0.39 is 42.9 Å². The highest BCUT2D eigenvalue weighted by atomic mass is 32.2. The number of sulfone groups is 1. The number of rotatable bonds is 6. The van der Waals surface area contributed by atoms with Crippen LogP contribution < -0.4 is 4.72 Å². The minimum Gasteiger partial charge on any atom is -0.480 e. The molecular formula is C10H19NO6S2. The Morgan fingerprint density at radius 2 is 2.00 bits per heavy atom. The maximum absolute atomic E-state index is 12.0. The third-order valence-electron chi connectivity index (χ3n) is 2.94. The summed E-state index contributed by atoms with van der Waals surface area (Å²) in [6.45, 7) is 3.56. The molecule has 1 aliphatic rings. The van der Waals surface area contributed by atoms with E-state index in [1.54, 1.807) is 13.8 Å². The molecule has 1 saturated heterocycles. The molecule has 2 N–H and O–H groups in total. The summed E-state index contributed by atoms with van der Waals surface area (Å²) in [5.74, 6) is -1.84. The lowest BCUT2D eigenvalue weighted by molar-refractivity contribution is -0.139. The van der Waals surface area contributed by atoms with Crippen molar-refractivity contribution in [3.8, 4) is 0 Å². The summed E-state index contributed by atoms with van der Waals surface area (Å²) in [5.41, 5.74) is 0. The molecule has 0 saturated carbocycles. The lowest BCUT2D eigenvalue weighted by Crippen LogP contribution is -2.46. The molecular weight excluding hydrogens is 294 g/mol. The van der Waals surface area contributed by atoms with Crippen LogP contribution in [0.15, 0.2) is 0 Å². The fourth-order valence-electron chi connectivity index (χ4n) is 1.97. The number of hydrogen-bond acceptors (Lipinski definition) is 5. The molecule has 0 aliphatic carbocycles. The van der Waals surface area contributed by atoms with Crippen LogP contribution in [-0.2, 0) is 24.7 Å². The van der Waals surface area contributed by atoms with Crippen LogP contribution in [0, 0.1) is 5.92 Å². The summed E-state index contributed by atoms with van der Waals surface area (Å²) in [5, 5.41) is 7.94. The van der Waals surface area contributed by atoms with Crippen LogP contribution in [0.3, 0.4) is 0 Å². The third-order valence-corrected chi connectivity index (χ3v) is 6.81. The monoisotopic (exact) mass is 313 g/mol. The first-order valence-corrected chi connectivity index (χ1v) is 9.34. The maximum atomic E-state index is 12.0. The molecule has 1 heterocycles. The first-order valence-electron chi connectivity index (χ1n) is 5.98. The largest absolute Gasteiger partial charge is 0.480 e. The first-order chi connectivity index (χ1) is 8.53. The van der Waals surface area contributed by atoms with Gasteiger partial charge >= 0.3 is 5.97 Å². The zero-order chi connectivity index (χ0) is 14.8. The second kappa shape index (κ2) is 5.76. The summed E-state index contributed by atoms with van der Waals surface area (Å²) in [7, 11) is -7.26. The molecule has 1 unspecified atom stereocenters. The highest BCUT2D eigenvalue weighted by Gasteiger charge is 2.39. The van der Waals surface area contributed by atoms with Crippen LogP contribution in [0.25, 0.3) is 0 Å². The molecule has 1 rings (SSSR count). The number of carboxylic acids is 1. The van der Waals surface area contributed by atoms with Crippen molar-refractivity contribution in [2.24, 2.45) is 5.92 Å². The normalized spacial score (nSPS) is 24.5. The average Bonchev–Trinajstić information content (AvgIpc) is 2.57. The van der Waals surface area contributed by atoms with E-state index in [-0.39, 0.29) is 24.5 Å². The van der Waals surface area contributed by atoms with Gasteiger partial charge in [-0.15, -0.1) is 0 Å². The van der Waals surface area contributed by atoms with E-state index in [2.05, 4.69) is 4.72 Å². The number of carboxylic acid groups (broad SMARTS) is 1. The van der Waals surface area contributed by atoms with Crippen molar-refractivity contribution >= 4 is 25.8 Å². The standard InChI is InChI=1S/C10H19NO6S2/c1-7(2)5-9(10(12)13)11-19(16,17)8-3-4-18(14,15)6-8/h7-9,11H,3-6H2,1-2H3,(H,12,13)/t8?,9-/m0/s1. The Morgan fingerprint density at radius 3 is 2.37 bits per heavy atom. The molecule has 0 spiro atoms. The third kappa shape index (κ3) is 4.73. The summed E-state index contributed by atoms with van der Waals surface area (Å²) in [6, 6.07) is -1.21. The molecule has 1 aliphatic heterocycles. The SMILES string of the molecule is CC(C)C[C@H](NS(=O)(=O)C1CCS(=O)(=O)C1)C(=O)O. The van der Waals surface area contributed by atoms with Gasteiger partial charge in [0.15, 0.2) is 9.84 Å². The molecule has 0 aromatic rings. The van der Waals surface area contributed by atoms with Gasteiger partial charge in [0.25, 0.3) is 0 Å². The first kappa shape index (κ1) is 16.4. The molecule has 2 atom stereocenters. The van der Waals surface area contributed by atoms with Gasteiger partial charge in [0.2, 0.25) is 10.0 Å². The van der Waals surface area contributed by atoms with Crippen LogP contribution in [-0.4, -0.2) is 50.7 Å². The fraction of sp³-hybridized carbons (Fsp3) is 0.900. The van der Waals surface area contributed by atoms with Gasteiger partial charge in [-0.3, -0.25) is 4.79 Å². The molecule has 0 bridgehead atoms. The predicted molar refractivity (Wildman–Crippen MR) is 70.0 cm³/mol. The molecule has 0 amide bonds. The Balaban J connectivity index is 2.81. The number of sulfonamides is 1. The van der Waals surface area contributed by atoms with Crippen molar-refractivity contribution in [3.63, 3.8) is 0 Å². The Kier molecular flexibility index (Phi) is 4.97. The Labute approximate surface area is 113 Å². The van der Waals surface area contributed by atoms with Crippen molar-refractivity contribution in [3.05, 3.63) is 0 Å². The van der Waals surface area contributed by atoms with Crippen molar-refractivity contribution in [2.75, 3.05) is 11.5 Å². The quantitative estimate of drug-likeness (QED) is 0.688. The molecule has 1 fully saturated rings. The molecule has 0 radical (unpaired) electrons. The summed E-state index contributed by atoms with van der Waals surface area (Å²) in [6.07, 6.45) is 0.180. The van der Waals surface area contributed by atoms with Crippen LogP contribution in [0.2, 0.25) is 0 Å². The minimum absolute atomic E-state index is 0.0103. The minimum atomic E-state index is -3.93.